The molecule has 0 radical (unpaired) electrons. The smallest absolute Gasteiger partial charge is 0.251 e. The molecule has 3 atom stereocenters. The van der Waals surface area contributed by atoms with Crippen molar-refractivity contribution in [2.24, 2.45) is 5.73 Å². The van der Waals surface area contributed by atoms with Crippen molar-refractivity contribution in [3.63, 3.8) is 0 Å². The summed E-state index contributed by atoms with van der Waals surface area (Å²) in [5.74, 6) is -0.135. The van der Waals surface area contributed by atoms with E-state index in [1.54, 1.807) is 11.8 Å². The number of nitrogens with one attached hydrogen (secondary N) is 1. The van der Waals surface area contributed by atoms with E-state index in [0.29, 0.717) is 26.1 Å². The number of ether oxygens (including phenoxy) is 1. The number of hydrogen-bond donors (Lipinski definition) is 2. The molecule has 0 aromatic rings. The van der Waals surface area contributed by atoms with Crippen molar-refractivity contribution in [3.8, 4) is 0 Å². The Morgan fingerprint density at radius 1 is 1.37 bits per heavy atom. The minimum Gasteiger partial charge on any atom is -0.366 e. The van der Waals surface area contributed by atoms with E-state index in [-0.39, 0.29) is 24.0 Å². The van der Waals surface area contributed by atoms with Crippen LogP contribution in [0.25, 0.3) is 0 Å². The number of carbonyl (C=O) groups is 2. The standard InChI is InChI=1S/C13H25N3O3/c1-4-16(5-2)13(18)11-7-6-10(8-19-11)15-12(17)9(3)14/h9-11H,4-8,14H2,1-3H3,(H,15,17)/t9-,10-,11+/m1/s1. The van der Waals surface area contributed by atoms with E-state index in [1.165, 1.54) is 0 Å². The van der Waals surface area contributed by atoms with Gasteiger partial charge in [-0.05, 0) is 33.6 Å². The highest BCUT2D eigenvalue weighted by Crippen LogP contribution is 2.16. The zero-order valence-electron chi connectivity index (χ0n) is 12.0. The van der Waals surface area contributed by atoms with E-state index >= 15 is 0 Å². The first-order chi connectivity index (χ1) is 8.99. The molecule has 6 heteroatoms. The number of likely N-dealkylation sites (N-methyl/N-ethyl adjacent to an activating group) is 1. The van der Waals surface area contributed by atoms with Gasteiger partial charge >= 0.3 is 0 Å². The summed E-state index contributed by atoms with van der Waals surface area (Å²) in [4.78, 5) is 25.3. The first-order valence-corrected chi connectivity index (χ1v) is 6.95. The van der Waals surface area contributed by atoms with Gasteiger partial charge < -0.3 is 20.7 Å². The van der Waals surface area contributed by atoms with Crippen LogP contribution in [-0.2, 0) is 14.3 Å². The van der Waals surface area contributed by atoms with Gasteiger partial charge in [0.1, 0.15) is 6.10 Å². The lowest BCUT2D eigenvalue weighted by molar-refractivity contribution is -0.147. The van der Waals surface area contributed by atoms with Crippen molar-refractivity contribution in [3.05, 3.63) is 0 Å². The van der Waals surface area contributed by atoms with Gasteiger partial charge in [-0.25, -0.2) is 0 Å². The Balaban J connectivity index is 2.40. The molecule has 0 aromatic heterocycles. The quantitative estimate of drug-likeness (QED) is 0.729. The molecule has 0 bridgehead atoms. The monoisotopic (exact) mass is 271 g/mol. The van der Waals surface area contributed by atoms with Gasteiger partial charge in [0, 0.05) is 13.1 Å². The molecule has 19 heavy (non-hydrogen) atoms. The molecule has 6 nitrogen and oxygen atoms in total. The molecule has 0 unspecified atom stereocenters. The number of rotatable bonds is 5. The summed E-state index contributed by atoms with van der Waals surface area (Å²) < 4.78 is 5.57. The van der Waals surface area contributed by atoms with Crippen LogP contribution in [-0.4, -0.2) is 54.6 Å². The molecule has 1 saturated heterocycles. The van der Waals surface area contributed by atoms with Gasteiger partial charge in [0.25, 0.3) is 5.91 Å². The van der Waals surface area contributed by atoms with Crippen LogP contribution >= 0.6 is 0 Å². The van der Waals surface area contributed by atoms with Gasteiger partial charge in [0.15, 0.2) is 0 Å². The molecule has 1 aliphatic heterocycles. The third-order valence-electron chi connectivity index (χ3n) is 3.39. The molecule has 1 fully saturated rings. The highest BCUT2D eigenvalue weighted by atomic mass is 16.5. The summed E-state index contributed by atoms with van der Waals surface area (Å²) in [5, 5.41) is 2.82. The van der Waals surface area contributed by atoms with Crippen molar-refractivity contribution in [1.29, 1.82) is 0 Å². The minimum absolute atomic E-state index is 0.0424. The average Bonchev–Trinajstić information content (AvgIpc) is 2.40. The van der Waals surface area contributed by atoms with E-state index in [9.17, 15) is 9.59 Å². The molecule has 0 aromatic carbocycles. The van der Waals surface area contributed by atoms with E-state index < -0.39 is 6.04 Å². The van der Waals surface area contributed by atoms with Crippen LogP contribution in [0, 0.1) is 0 Å². The Bertz CT molecular complexity index is 308. The van der Waals surface area contributed by atoms with Crippen molar-refractivity contribution in [2.45, 2.75) is 51.8 Å². The summed E-state index contributed by atoms with van der Waals surface area (Å²) in [6.07, 6.45) is 1.01. The SMILES string of the molecule is CCN(CC)C(=O)[C@@H]1CC[C@@H](NC(=O)[C@@H](C)N)CO1. The zero-order valence-corrected chi connectivity index (χ0v) is 12.0. The predicted molar refractivity (Wildman–Crippen MR) is 72.5 cm³/mol. The Morgan fingerprint density at radius 2 is 2.00 bits per heavy atom. The number of carbonyl (C=O) groups excluding carboxylic acids is 2. The van der Waals surface area contributed by atoms with E-state index in [4.69, 9.17) is 10.5 Å². The van der Waals surface area contributed by atoms with Crippen molar-refractivity contribution < 1.29 is 14.3 Å². The highest BCUT2D eigenvalue weighted by molar-refractivity contribution is 5.82. The van der Waals surface area contributed by atoms with Crippen molar-refractivity contribution >= 4 is 11.8 Å². The van der Waals surface area contributed by atoms with Crippen LogP contribution in [0.1, 0.15) is 33.6 Å². The van der Waals surface area contributed by atoms with Gasteiger partial charge in [-0.3, -0.25) is 9.59 Å². The van der Waals surface area contributed by atoms with E-state index in [0.717, 1.165) is 6.42 Å². The summed E-state index contributed by atoms with van der Waals surface area (Å²) in [6.45, 7) is 7.31. The van der Waals surface area contributed by atoms with Crippen LogP contribution in [0.5, 0.6) is 0 Å². The molecule has 0 spiro atoms. The lowest BCUT2D eigenvalue weighted by Crippen LogP contribution is -2.50. The molecule has 1 rings (SSSR count). The van der Waals surface area contributed by atoms with Crippen LogP contribution < -0.4 is 11.1 Å². The Morgan fingerprint density at radius 3 is 2.42 bits per heavy atom. The molecular weight excluding hydrogens is 246 g/mol. The number of hydrogen-bond acceptors (Lipinski definition) is 4. The lowest BCUT2D eigenvalue weighted by Gasteiger charge is -2.32. The molecule has 0 aliphatic carbocycles. The minimum atomic E-state index is -0.518. The average molecular weight is 271 g/mol. The summed E-state index contributed by atoms with van der Waals surface area (Å²) in [7, 11) is 0. The van der Waals surface area contributed by atoms with Crippen molar-refractivity contribution in [1.82, 2.24) is 10.2 Å². The van der Waals surface area contributed by atoms with E-state index in [1.807, 2.05) is 13.8 Å². The molecular formula is C13H25N3O3. The normalized spacial score (nSPS) is 24.6. The van der Waals surface area contributed by atoms with Gasteiger partial charge in [-0.2, -0.15) is 0 Å². The maximum atomic E-state index is 12.1. The first-order valence-electron chi connectivity index (χ1n) is 6.95. The second-order valence-corrected chi connectivity index (χ2v) is 4.90. The highest BCUT2D eigenvalue weighted by Gasteiger charge is 2.30. The number of amides is 2. The predicted octanol–water partition coefficient (Wildman–Crippen LogP) is -0.134. The van der Waals surface area contributed by atoms with Gasteiger partial charge in [0.2, 0.25) is 5.91 Å². The Hall–Kier alpha value is -1.14. The maximum absolute atomic E-state index is 12.1. The number of nitrogens with zero attached hydrogens (tertiary/aromatic N) is 1. The second kappa shape index (κ2) is 7.45. The summed E-state index contributed by atoms with van der Waals surface area (Å²) in [5.41, 5.74) is 5.49. The maximum Gasteiger partial charge on any atom is 0.251 e. The van der Waals surface area contributed by atoms with E-state index in [2.05, 4.69) is 5.32 Å². The zero-order chi connectivity index (χ0) is 14.4. The fourth-order valence-electron chi connectivity index (χ4n) is 2.13. The molecule has 1 heterocycles. The third kappa shape index (κ3) is 4.47. The Kier molecular flexibility index (Phi) is 6.24. The molecule has 1 aliphatic rings. The van der Waals surface area contributed by atoms with Crippen molar-refractivity contribution in [2.75, 3.05) is 19.7 Å². The number of nitrogens with two attached hydrogens (primary N) is 1. The van der Waals surface area contributed by atoms with Crippen LogP contribution in [0.3, 0.4) is 0 Å². The largest absolute Gasteiger partial charge is 0.366 e. The van der Waals surface area contributed by atoms with Gasteiger partial charge in [-0.1, -0.05) is 0 Å². The second-order valence-electron chi connectivity index (χ2n) is 4.90. The molecule has 110 valence electrons. The summed E-state index contributed by atoms with van der Waals surface area (Å²) >= 11 is 0. The van der Waals surface area contributed by atoms with Gasteiger partial charge in [0.05, 0.1) is 18.7 Å². The Labute approximate surface area is 114 Å². The molecule has 0 saturated carbocycles. The fraction of sp³-hybridized carbons (Fsp3) is 0.846. The van der Waals surface area contributed by atoms with Crippen LogP contribution in [0.4, 0.5) is 0 Å². The third-order valence-corrected chi connectivity index (χ3v) is 3.39. The fourth-order valence-corrected chi connectivity index (χ4v) is 2.13. The first kappa shape index (κ1) is 15.9. The molecule has 3 N–H and O–H groups in total. The summed E-state index contributed by atoms with van der Waals surface area (Å²) in [6, 6.07) is -0.561. The van der Waals surface area contributed by atoms with Gasteiger partial charge in [-0.15, -0.1) is 0 Å². The topological polar surface area (TPSA) is 84.7 Å². The van der Waals surface area contributed by atoms with Crippen LogP contribution in [0.15, 0.2) is 0 Å². The molecule has 2 amide bonds. The van der Waals surface area contributed by atoms with Crippen LogP contribution in [0.2, 0.25) is 0 Å². The lowest BCUT2D eigenvalue weighted by atomic mass is 10.0.